The Labute approximate surface area is 158 Å². The lowest BCUT2D eigenvalue weighted by molar-refractivity contribution is -0.141. The summed E-state index contributed by atoms with van der Waals surface area (Å²) in [6.07, 6.45) is -0.836. The third kappa shape index (κ3) is 3.43. The molecular formula is C19H16N2O5S. The van der Waals surface area contributed by atoms with Gasteiger partial charge in [0.15, 0.2) is 16.3 Å². The first-order valence-corrected chi connectivity index (χ1v) is 9.09. The SMILES string of the molecule is COC(=O)Cn1c(=NC(=O)[C@@H]2COc3ccccc3O2)sc2ccccc21. The largest absolute Gasteiger partial charge is 0.485 e. The van der Waals surface area contributed by atoms with E-state index in [1.165, 1.54) is 18.4 Å². The number of nitrogens with zero attached hydrogens (tertiary/aromatic N) is 2. The van der Waals surface area contributed by atoms with Gasteiger partial charge < -0.3 is 18.8 Å². The fourth-order valence-corrected chi connectivity index (χ4v) is 3.79. The normalized spacial score (nSPS) is 16.3. The van der Waals surface area contributed by atoms with Gasteiger partial charge in [-0.1, -0.05) is 35.6 Å². The lowest BCUT2D eigenvalue weighted by Gasteiger charge is -2.23. The number of para-hydroxylation sites is 3. The molecule has 138 valence electrons. The first kappa shape index (κ1) is 17.3. The second-order valence-corrected chi connectivity index (χ2v) is 6.84. The van der Waals surface area contributed by atoms with Gasteiger partial charge in [-0.05, 0) is 24.3 Å². The van der Waals surface area contributed by atoms with Gasteiger partial charge in [0, 0.05) is 0 Å². The Morgan fingerprint density at radius 3 is 2.74 bits per heavy atom. The Kier molecular flexibility index (Phi) is 4.64. The van der Waals surface area contributed by atoms with Crippen LogP contribution in [0.4, 0.5) is 0 Å². The van der Waals surface area contributed by atoms with Crippen LogP contribution in [0.2, 0.25) is 0 Å². The summed E-state index contributed by atoms with van der Waals surface area (Å²) in [5.74, 6) is 0.230. The van der Waals surface area contributed by atoms with Crippen LogP contribution in [0.25, 0.3) is 10.2 Å². The number of ether oxygens (including phenoxy) is 3. The molecule has 0 spiro atoms. The Hall–Kier alpha value is -3.13. The molecule has 0 fully saturated rings. The molecule has 4 rings (SSSR count). The highest BCUT2D eigenvalue weighted by atomic mass is 32.1. The van der Waals surface area contributed by atoms with Crippen LogP contribution in [0.1, 0.15) is 0 Å². The lowest BCUT2D eigenvalue weighted by atomic mass is 10.2. The molecule has 8 heteroatoms. The average Bonchev–Trinajstić information content (AvgIpc) is 3.04. The standard InChI is InChI=1S/C19H16N2O5S/c1-24-17(22)10-21-12-6-2-5-9-16(12)27-19(21)20-18(23)15-11-25-13-7-3-4-8-14(13)26-15/h2-9,15H,10-11H2,1H3/t15-/m0/s1. The molecule has 7 nitrogen and oxygen atoms in total. The summed E-state index contributed by atoms with van der Waals surface area (Å²) < 4.78 is 18.6. The number of esters is 1. The van der Waals surface area contributed by atoms with E-state index in [1.807, 2.05) is 36.4 Å². The quantitative estimate of drug-likeness (QED) is 0.647. The maximum atomic E-state index is 12.7. The van der Waals surface area contributed by atoms with E-state index in [2.05, 4.69) is 4.99 Å². The zero-order valence-corrected chi connectivity index (χ0v) is 15.3. The topological polar surface area (TPSA) is 79.1 Å². The van der Waals surface area contributed by atoms with Crippen molar-refractivity contribution in [3.8, 4) is 11.5 Å². The van der Waals surface area contributed by atoms with Gasteiger partial charge in [-0.3, -0.25) is 9.59 Å². The minimum atomic E-state index is -0.836. The fourth-order valence-electron chi connectivity index (χ4n) is 2.76. The van der Waals surface area contributed by atoms with E-state index in [1.54, 1.807) is 16.7 Å². The van der Waals surface area contributed by atoms with Crippen LogP contribution in [0.3, 0.4) is 0 Å². The number of benzene rings is 2. The van der Waals surface area contributed by atoms with E-state index >= 15 is 0 Å². The predicted octanol–water partition coefficient (Wildman–Crippen LogP) is 2.14. The van der Waals surface area contributed by atoms with Gasteiger partial charge in [-0.15, -0.1) is 0 Å². The summed E-state index contributed by atoms with van der Waals surface area (Å²) in [5, 5.41) is 0. The van der Waals surface area contributed by atoms with Crippen LogP contribution in [0.15, 0.2) is 53.5 Å². The van der Waals surface area contributed by atoms with E-state index < -0.39 is 18.0 Å². The van der Waals surface area contributed by atoms with Crippen LogP contribution >= 0.6 is 11.3 Å². The molecule has 1 atom stereocenters. The molecule has 0 saturated carbocycles. The monoisotopic (exact) mass is 384 g/mol. The van der Waals surface area contributed by atoms with E-state index in [0.717, 1.165) is 10.2 Å². The van der Waals surface area contributed by atoms with Crippen molar-refractivity contribution in [2.45, 2.75) is 12.6 Å². The van der Waals surface area contributed by atoms with Crippen molar-refractivity contribution >= 4 is 33.4 Å². The summed E-state index contributed by atoms with van der Waals surface area (Å²) in [6.45, 7) is 0.0543. The summed E-state index contributed by atoms with van der Waals surface area (Å²) >= 11 is 1.33. The highest BCUT2D eigenvalue weighted by Crippen LogP contribution is 2.31. The Bertz CT molecular complexity index is 1080. The molecule has 1 aromatic heterocycles. The number of hydrogen-bond donors (Lipinski definition) is 0. The van der Waals surface area contributed by atoms with Gasteiger partial charge in [0.1, 0.15) is 13.2 Å². The number of carbonyl (C=O) groups excluding carboxylic acids is 2. The summed E-state index contributed by atoms with van der Waals surface area (Å²) in [6, 6.07) is 14.7. The maximum absolute atomic E-state index is 12.7. The second kappa shape index (κ2) is 7.24. The second-order valence-electron chi connectivity index (χ2n) is 5.83. The number of rotatable bonds is 3. The maximum Gasteiger partial charge on any atom is 0.325 e. The zero-order valence-electron chi connectivity index (χ0n) is 14.5. The molecule has 27 heavy (non-hydrogen) atoms. The van der Waals surface area contributed by atoms with E-state index in [9.17, 15) is 9.59 Å². The first-order chi connectivity index (χ1) is 13.2. The molecule has 0 saturated heterocycles. The van der Waals surface area contributed by atoms with Crippen LogP contribution in [-0.2, 0) is 20.9 Å². The molecule has 0 N–H and O–H groups in total. The summed E-state index contributed by atoms with van der Waals surface area (Å²) in [4.78, 5) is 29.1. The molecule has 2 aromatic carbocycles. The first-order valence-electron chi connectivity index (χ1n) is 8.28. The van der Waals surface area contributed by atoms with Gasteiger partial charge in [-0.25, -0.2) is 0 Å². The van der Waals surface area contributed by atoms with Gasteiger partial charge in [0.25, 0.3) is 5.91 Å². The number of aromatic nitrogens is 1. The summed E-state index contributed by atoms with van der Waals surface area (Å²) in [5.41, 5.74) is 0.811. The molecule has 3 aromatic rings. The number of carbonyl (C=O) groups is 2. The van der Waals surface area contributed by atoms with Crippen molar-refractivity contribution in [1.82, 2.24) is 4.57 Å². The molecule has 2 heterocycles. The zero-order chi connectivity index (χ0) is 18.8. The highest BCUT2D eigenvalue weighted by molar-refractivity contribution is 7.16. The molecular weight excluding hydrogens is 368 g/mol. The third-order valence-electron chi connectivity index (χ3n) is 4.09. The average molecular weight is 384 g/mol. The number of methoxy groups -OCH3 is 1. The predicted molar refractivity (Wildman–Crippen MR) is 98.8 cm³/mol. The molecule has 1 aliphatic rings. The lowest BCUT2D eigenvalue weighted by Crippen LogP contribution is -2.37. The molecule has 0 aliphatic carbocycles. The Morgan fingerprint density at radius 1 is 1.19 bits per heavy atom. The number of fused-ring (bicyclic) bond motifs is 2. The van der Waals surface area contributed by atoms with Crippen molar-refractivity contribution in [3.05, 3.63) is 53.3 Å². The molecule has 1 amide bonds. The van der Waals surface area contributed by atoms with Gasteiger partial charge in [0.2, 0.25) is 6.10 Å². The third-order valence-corrected chi connectivity index (χ3v) is 5.15. The summed E-state index contributed by atoms with van der Waals surface area (Å²) in [7, 11) is 1.32. The molecule has 0 bridgehead atoms. The molecule has 0 radical (unpaired) electrons. The van der Waals surface area contributed by atoms with Crippen LogP contribution < -0.4 is 14.3 Å². The molecule has 0 unspecified atom stereocenters. The Morgan fingerprint density at radius 2 is 1.93 bits per heavy atom. The minimum absolute atomic E-state index is 0.0303. The van der Waals surface area contributed by atoms with Crippen molar-refractivity contribution in [1.29, 1.82) is 0 Å². The van der Waals surface area contributed by atoms with Crippen LogP contribution in [-0.4, -0.2) is 36.3 Å². The van der Waals surface area contributed by atoms with Gasteiger partial charge in [0.05, 0.1) is 17.3 Å². The van der Waals surface area contributed by atoms with Gasteiger partial charge >= 0.3 is 5.97 Å². The van der Waals surface area contributed by atoms with Crippen molar-refractivity contribution < 1.29 is 23.8 Å². The highest BCUT2D eigenvalue weighted by Gasteiger charge is 2.27. The Balaban J connectivity index is 1.69. The van der Waals surface area contributed by atoms with Crippen LogP contribution in [0, 0.1) is 0 Å². The van der Waals surface area contributed by atoms with E-state index in [-0.39, 0.29) is 13.2 Å². The number of amides is 1. The van der Waals surface area contributed by atoms with E-state index in [0.29, 0.717) is 16.3 Å². The number of thiazole rings is 1. The van der Waals surface area contributed by atoms with Crippen LogP contribution in [0.5, 0.6) is 11.5 Å². The molecule has 1 aliphatic heterocycles. The van der Waals surface area contributed by atoms with Crippen molar-refractivity contribution in [3.63, 3.8) is 0 Å². The van der Waals surface area contributed by atoms with E-state index in [4.69, 9.17) is 14.2 Å². The van der Waals surface area contributed by atoms with Crippen molar-refractivity contribution in [2.75, 3.05) is 13.7 Å². The minimum Gasteiger partial charge on any atom is -0.485 e. The smallest absolute Gasteiger partial charge is 0.325 e. The van der Waals surface area contributed by atoms with Crippen molar-refractivity contribution in [2.24, 2.45) is 4.99 Å². The van der Waals surface area contributed by atoms with Gasteiger partial charge in [-0.2, -0.15) is 4.99 Å². The number of hydrogen-bond acceptors (Lipinski definition) is 6. The fraction of sp³-hybridized carbons (Fsp3) is 0.211.